The van der Waals surface area contributed by atoms with Crippen LogP contribution in [0.4, 0.5) is 5.82 Å². The summed E-state index contributed by atoms with van der Waals surface area (Å²) in [5, 5.41) is 3.40. The third-order valence-corrected chi connectivity index (χ3v) is 3.96. The van der Waals surface area contributed by atoms with Crippen LogP contribution in [0.3, 0.4) is 0 Å². The number of aromatic nitrogens is 2. The summed E-state index contributed by atoms with van der Waals surface area (Å²) >= 11 is 0. The van der Waals surface area contributed by atoms with E-state index in [1.165, 1.54) is 12.8 Å². The summed E-state index contributed by atoms with van der Waals surface area (Å²) in [6.07, 6.45) is 6.42. The van der Waals surface area contributed by atoms with Gasteiger partial charge in [0.2, 0.25) is 0 Å². The van der Waals surface area contributed by atoms with E-state index in [0.29, 0.717) is 12.0 Å². The van der Waals surface area contributed by atoms with Crippen LogP contribution in [0.15, 0.2) is 12.4 Å². The standard InChI is InChI=1S/C16H28N4/c1-12(2)7-17-8-15-9-19-16(10-18-15)20-11-13(3)5-6-14(20)4/h9-10,12-14,17H,5-8,11H2,1-4H3. The van der Waals surface area contributed by atoms with E-state index in [4.69, 9.17) is 0 Å². The Balaban J connectivity index is 1.93. The van der Waals surface area contributed by atoms with E-state index in [2.05, 4.69) is 47.9 Å². The average molecular weight is 276 g/mol. The van der Waals surface area contributed by atoms with Crippen molar-refractivity contribution in [2.75, 3.05) is 18.0 Å². The molecule has 112 valence electrons. The summed E-state index contributed by atoms with van der Waals surface area (Å²) in [4.78, 5) is 11.5. The second-order valence-corrected chi connectivity index (χ2v) is 6.57. The Hall–Kier alpha value is -1.16. The van der Waals surface area contributed by atoms with E-state index >= 15 is 0 Å². The van der Waals surface area contributed by atoms with Gasteiger partial charge in [0.25, 0.3) is 0 Å². The van der Waals surface area contributed by atoms with Gasteiger partial charge in [0.1, 0.15) is 5.82 Å². The Morgan fingerprint density at radius 3 is 2.70 bits per heavy atom. The van der Waals surface area contributed by atoms with Gasteiger partial charge in [0.05, 0.1) is 18.1 Å². The molecule has 0 amide bonds. The van der Waals surface area contributed by atoms with Gasteiger partial charge in [-0.15, -0.1) is 0 Å². The van der Waals surface area contributed by atoms with Crippen LogP contribution in [0.2, 0.25) is 0 Å². The molecule has 1 aliphatic rings. The Morgan fingerprint density at radius 1 is 1.25 bits per heavy atom. The molecule has 2 atom stereocenters. The maximum Gasteiger partial charge on any atom is 0.147 e. The molecule has 1 fully saturated rings. The third-order valence-electron chi connectivity index (χ3n) is 3.96. The fourth-order valence-corrected chi connectivity index (χ4v) is 2.68. The molecule has 0 radical (unpaired) electrons. The summed E-state index contributed by atoms with van der Waals surface area (Å²) in [5.41, 5.74) is 1.02. The fraction of sp³-hybridized carbons (Fsp3) is 0.750. The summed E-state index contributed by atoms with van der Waals surface area (Å²) in [6.45, 7) is 11.9. The summed E-state index contributed by atoms with van der Waals surface area (Å²) < 4.78 is 0. The van der Waals surface area contributed by atoms with Crippen molar-refractivity contribution in [1.82, 2.24) is 15.3 Å². The number of anilines is 1. The number of hydrogen-bond donors (Lipinski definition) is 1. The van der Waals surface area contributed by atoms with Crippen molar-refractivity contribution in [3.63, 3.8) is 0 Å². The number of piperidine rings is 1. The van der Waals surface area contributed by atoms with Gasteiger partial charge in [-0.1, -0.05) is 20.8 Å². The molecular weight excluding hydrogens is 248 g/mol. The van der Waals surface area contributed by atoms with Crippen molar-refractivity contribution in [1.29, 1.82) is 0 Å². The topological polar surface area (TPSA) is 41.1 Å². The lowest BCUT2D eigenvalue weighted by Crippen LogP contribution is -2.41. The average Bonchev–Trinajstić information content (AvgIpc) is 2.42. The SMILES string of the molecule is CC(C)CNCc1cnc(N2CC(C)CCC2C)cn1. The van der Waals surface area contributed by atoms with E-state index in [1.807, 2.05) is 12.4 Å². The zero-order valence-electron chi connectivity index (χ0n) is 13.3. The Kier molecular flexibility index (Phi) is 5.35. The van der Waals surface area contributed by atoms with E-state index in [0.717, 1.165) is 37.1 Å². The highest BCUT2D eigenvalue weighted by atomic mass is 15.2. The van der Waals surface area contributed by atoms with E-state index in [-0.39, 0.29) is 0 Å². The summed E-state index contributed by atoms with van der Waals surface area (Å²) in [6, 6.07) is 0.574. The lowest BCUT2D eigenvalue weighted by atomic mass is 9.95. The molecule has 1 aromatic rings. The first kappa shape index (κ1) is 15.2. The molecule has 2 heterocycles. The molecule has 4 nitrogen and oxygen atoms in total. The van der Waals surface area contributed by atoms with Gasteiger partial charge in [-0.05, 0) is 38.1 Å². The normalized spacial score (nSPS) is 23.4. The Bertz CT molecular complexity index is 401. The van der Waals surface area contributed by atoms with E-state index in [1.54, 1.807) is 0 Å². The smallest absolute Gasteiger partial charge is 0.147 e. The van der Waals surface area contributed by atoms with E-state index in [9.17, 15) is 0 Å². The van der Waals surface area contributed by atoms with Gasteiger partial charge in [0, 0.05) is 19.1 Å². The Morgan fingerprint density at radius 2 is 2.05 bits per heavy atom. The van der Waals surface area contributed by atoms with Gasteiger partial charge in [-0.25, -0.2) is 4.98 Å². The molecular formula is C16H28N4. The van der Waals surface area contributed by atoms with Crippen LogP contribution in [0.1, 0.15) is 46.2 Å². The van der Waals surface area contributed by atoms with Gasteiger partial charge < -0.3 is 10.2 Å². The zero-order valence-corrected chi connectivity index (χ0v) is 13.3. The molecule has 1 aromatic heterocycles. The minimum Gasteiger partial charge on any atom is -0.352 e. The molecule has 1 aliphatic heterocycles. The first-order valence-electron chi connectivity index (χ1n) is 7.84. The van der Waals surface area contributed by atoms with Gasteiger partial charge in [-0.2, -0.15) is 0 Å². The monoisotopic (exact) mass is 276 g/mol. The molecule has 2 rings (SSSR count). The number of rotatable bonds is 5. The van der Waals surface area contributed by atoms with Crippen molar-refractivity contribution in [2.45, 2.75) is 53.1 Å². The predicted octanol–water partition coefficient (Wildman–Crippen LogP) is 2.85. The van der Waals surface area contributed by atoms with Crippen LogP contribution in [-0.4, -0.2) is 29.1 Å². The fourth-order valence-electron chi connectivity index (χ4n) is 2.68. The summed E-state index contributed by atoms with van der Waals surface area (Å²) in [7, 11) is 0. The van der Waals surface area contributed by atoms with Crippen molar-refractivity contribution in [3.05, 3.63) is 18.1 Å². The first-order valence-corrected chi connectivity index (χ1v) is 7.84. The minimum atomic E-state index is 0.574. The van der Waals surface area contributed by atoms with Crippen molar-refractivity contribution in [3.8, 4) is 0 Å². The quantitative estimate of drug-likeness (QED) is 0.898. The number of nitrogens with zero attached hydrogens (tertiary/aromatic N) is 3. The van der Waals surface area contributed by atoms with Crippen LogP contribution in [0.5, 0.6) is 0 Å². The van der Waals surface area contributed by atoms with E-state index < -0.39 is 0 Å². The molecule has 1 N–H and O–H groups in total. The number of nitrogens with one attached hydrogen (secondary N) is 1. The second kappa shape index (κ2) is 7.02. The van der Waals surface area contributed by atoms with Gasteiger partial charge in [-0.3, -0.25) is 4.98 Å². The van der Waals surface area contributed by atoms with Crippen molar-refractivity contribution in [2.24, 2.45) is 11.8 Å². The van der Waals surface area contributed by atoms with Crippen LogP contribution in [-0.2, 0) is 6.54 Å². The molecule has 0 bridgehead atoms. The second-order valence-electron chi connectivity index (χ2n) is 6.57. The largest absolute Gasteiger partial charge is 0.352 e. The van der Waals surface area contributed by atoms with Crippen LogP contribution < -0.4 is 10.2 Å². The highest BCUT2D eigenvalue weighted by Gasteiger charge is 2.23. The highest BCUT2D eigenvalue weighted by molar-refractivity contribution is 5.38. The predicted molar refractivity (Wildman–Crippen MR) is 83.8 cm³/mol. The molecule has 0 spiro atoms. The molecule has 0 aliphatic carbocycles. The molecule has 2 unspecified atom stereocenters. The van der Waals surface area contributed by atoms with Crippen molar-refractivity contribution >= 4 is 5.82 Å². The first-order chi connectivity index (χ1) is 9.56. The van der Waals surface area contributed by atoms with Gasteiger partial charge in [0.15, 0.2) is 0 Å². The molecule has 0 aromatic carbocycles. The van der Waals surface area contributed by atoms with Crippen molar-refractivity contribution < 1.29 is 0 Å². The zero-order chi connectivity index (χ0) is 14.5. The maximum absolute atomic E-state index is 4.61. The molecule has 0 saturated carbocycles. The number of hydrogen-bond acceptors (Lipinski definition) is 4. The lowest BCUT2D eigenvalue weighted by Gasteiger charge is -2.37. The van der Waals surface area contributed by atoms with Crippen LogP contribution in [0.25, 0.3) is 0 Å². The maximum atomic E-state index is 4.61. The summed E-state index contributed by atoms with van der Waals surface area (Å²) in [5.74, 6) is 2.44. The molecule has 20 heavy (non-hydrogen) atoms. The molecule has 4 heteroatoms. The lowest BCUT2D eigenvalue weighted by molar-refractivity contribution is 0.387. The third kappa shape index (κ3) is 4.17. The van der Waals surface area contributed by atoms with Gasteiger partial charge >= 0.3 is 0 Å². The van der Waals surface area contributed by atoms with Crippen LogP contribution >= 0.6 is 0 Å². The highest BCUT2D eigenvalue weighted by Crippen LogP contribution is 2.25. The minimum absolute atomic E-state index is 0.574. The molecule has 1 saturated heterocycles. The van der Waals surface area contributed by atoms with Crippen LogP contribution in [0, 0.1) is 11.8 Å². The Labute approximate surface area is 123 Å².